The molecule has 7 nitrogen and oxygen atoms in total. The number of hydrogen-bond acceptors (Lipinski definition) is 6. The molecular weight excluding hydrogens is 461 g/mol. The average Bonchev–Trinajstić information content (AvgIpc) is 3.48. The summed E-state index contributed by atoms with van der Waals surface area (Å²) in [5.74, 6) is -0.396. The molecule has 4 heterocycles. The summed E-state index contributed by atoms with van der Waals surface area (Å²) in [7, 11) is 2.21. The molecule has 0 radical (unpaired) electrons. The van der Waals surface area contributed by atoms with Gasteiger partial charge in [-0.1, -0.05) is 18.7 Å². The van der Waals surface area contributed by atoms with Gasteiger partial charge >= 0.3 is 0 Å². The van der Waals surface area contributed by atoms with Crippen LogP contribution in [-0.2, 0) is 0 Å². The van der Waals surface area contributed by atoms with Crippen LogP contribution in [0, 0.1) is 24.1 Å². The number of hydrogen-bond donors (Lipinski definition) is 0. The Kier molecular flexibility index (Phi) is 6.58. The van der Waals surface area contributed by atoms with E-state index in [2.05, 4.69) is 46.6 Å². The zero-order valence-electron chi connectivity index (χ0n) is 20.1. The Morgan fingerprint density at radius 2 is 2.03 bits per heavy atom. The SMILES string of the molecule is CCN(C)C1CCC(n2ncc(-c3cc(Sc4ncccc4F)c4c(C#N)cnn4c3)c2C)CC1. The number of fused-ring (bicyclic) bond motifs is 1. The van der Waals surface area contributed by atoms with Gasteiger partial charge in [-0.2, -0.15) is 15.5 Å². The maximum atomic E-state index is 14.4. The van der Waals surface area contributed by atoms with Crippen molar-refractivity contribution in [2.75, 3.05) is 13.6 Å². The molecule has 0 N–H and O–H groups in total. The highest BCUT2D eigenvalue weighted by atomic mass is 32.2. The highest BCUT2D eigenvalue weighted by Gasteiger charge is 2.26. The highest BCUT2D eigenvalue weighted by Crippen LogP contribution is 2.38. The largest absolute Gasteiger partial charge is 0.304 e. The van der Waals surface area contributed by atoms with Gasteiger partial charge in [0, 0.05) is 40.2 Å². The third-order valence-corrected chi connectivity index (χ3v) is 8.14. The summed E-state index contributed by atoms with van der Waals surface area (Å²) in [6.45, 7) is 5.39. The van der Waals surface area contributed by atoms with E-state index in [0.29, 0.717) is 23.2 Å². The monoisotopic (exact) mass is 489 g/mol. The number of halogens is 1. The van der Waals surface area contributed by atoms with Crippen molar-refractivity contribution in [3.63, 3.8) is 0 Å². The molecule has 1 aliphatic carbocycles. The molecule has 0 atom stereocenters. The molecule has 4 aromatic rings. The van der Waals surface area contributed by atoms with Crippen LogP contribution in [0.2, 0.25) is 0 Å². The second-order valence-corrected chi connectivity index (χ2v) is 10.1. The van der Waals surface area contributed by atoms with Crippen LogP contribution in [0.3, 0.4) is 0 Å². The molecule has 1 fully saturated rings. The van der Waals surface area contributed by atoms with Crippen LogP contribution >= 0.6 is 11.8 Å². The number of nitrogens with zero attached hydrogens (tertiary/aromatic N) is 7. The molecule has 9 heteroatoms. The molecule has 180 valence electrons. The van der Waals surface area contributed by atoms with E-state index in [-0.39, 0.29) is 5.03 Å². The van der Waals surface area contributed by atoms with Crippen LogP contribution in [0.5, 0.6) is 0 Å². The first-order chi connectivity index (χ1) is 17.0. The van der Waals surface area contributed by atoms with Gasteiger partial charge in [0.2, 0.25) is 0 Å². The Balaban J connectivity index is 1.50. The fourth-order valence-electron chi connectivity index (χ4n) is 5.02. The molecule has 0 aromatic carbocycles. The second kappa shape index (κ2) is 9.80. The Hall–Kier alpha value is -3.22. The third kappa shape index (κ3) is 4.44. The maximum Gasteiger partial charge on any atom is 0.155 e. The molecule has 0 spiro atoms. The van der Waals surface area contributed by atoms with Gasteiger partial charge in [0.15, 0.2) is 5.82 Å². The summed E-state index contributed by atoms with van der Waals surface area (Å²) in [5, 5.41) is 19.0. The Labute approximate surface area is 208 Å². The van der Waals surface area contributed by atoms with Crippen molar-refractivity contribution in [2.24, 2.45) is 0 Å². The van der Waals surface area contributed by atoms with Crippen molar-refractivity contribution in [2.45, 2.75) is 61.5 Å². The van der Waals surface area contributed by atoms with E-state index in [4.69, 9.17) is 5.10 Å². The lowest BCUT2D eigenvalue weighted by atomic mass is 9.90. The minimum Gasteiger partial charge on any atom is -0.304 e. The summed E-state index contributed by atoms with van der Waals surface area (Å²) in [6.07, 6.45) is 11.5. The van der Waals surface area contributed by atoms with Crippen LogP contribution in [0.1, 0.15) is 49.9 Å². The maximum absolute atomic E-state index is 14.4. The molecule has 0 aliphatic heterocycles. The van der Waals surface area contributed by atoms with Crippen molar-refractivity contribution in [1.82, 2.24) is 29.3 Å². The Morgan fingerprint density at radius 1 is 1.23 bits per heavy atom. The fourth-order valence-corrected chi connectivity index (χ4v) is 5.99. The average molecular weight is 490 g/mol. The minimum atomic E-state index is -0.396. The first-order valence-electron chi connectivity index (χ1n) is 11.9. The lowest BCUT2D eigenvalue weighted by Gasteiger charge is -2.34. The topological polar surface area (TPSA) is 75.0 Å². The molecule has 0 bridgehead atoms. The van der Waals surface area contributed by atoms with E-state index in [1.54, 1.807) is 23.0 Å². The van der Waals surface area contributed by atoms with E-state index in [1.165, 1.54) is 30.7 Å². The molecule has 35 heavy (non-hydrogen) atoms. The molecule has 0 amide bonds. The quantitative estimate of drug-likeness (QED) is 0.356. The van der Waals surface area contributed by atoms with Crippen LogP contribution < -0.4 is 0 Å². The van der Waals surface area contributed by atoms with Crippen LogP contribution in [-0.4, -0.2) is 48.9 Å². The molecule has 1 saturated carbocycles. The van der Waals surface area contributed by atoms with Crippen LogP contribution in [0.25, 0.3) is 16.6 Å². The standard InChI is InChI=1S/C26H28FN7S/c1-4-32(3)20-7-9-21(10-8-20)34-17(2)22(15-31-34)18-12-24(35-26-23(27)6-5-11-29-26)25-19(13-28)14-30-33(25)16-18/h5-6,11-12,14-16,20-21H,4,7-10H2,1-3H3. The summed E-state index contributed by atoms with van der Waals surface area (Å²) >= 11 is 1.20. The number of rotatable bonds is 6. The summed E-state index contributed by atoms with van der Waals surface area (Å²) in [5.41, 5.74) is 4.12. The van der Waals surface area contributed by atoms with Crippen molar-refractivity contribution < 1.29 is 4.39 Å². The van der Waals surface area contributed by atoms with Gasteiger partial charge in [0.05, 0.1) is 29.5 Å². The number of nitriles is 1. The predicted molar refractivity (Wildman–Crippen MR) is 134 cm³/mol. The predicted octanol–water partition coefficient (Wildman–Crippen LogP) is 5.50. The Morgan fingerprint density at radius 3 is 2.74 bits per heavy atom. The van der Waals surface area contributed by atoms with E-state index in [9.17, 15) is 9.65 Å². The summed E-state index contributed by atoms with van der Waals surface area (Å²) in [4.78, 5) is 7.35. The zero-order chi connectivity index (χ0) is 24.5. The number of pyridine rings is 2. The van der Waals surface area contributed by atoms with E-state index in [1.807, 2.05) is 18.5 Å². The van der Waals surface area contributed by atoms with Crippen molar-refractivity contribution in [3.8, 4) is 17.2 Å². The normalized spacial score (nSPS) is 18.3. The molecule has 5 rings (SSSR count). The molecule has 0 unspecified atom stereocenters. The van der Waals surface area contributed by atoms with Gasteiger partial charge in [0.1, 0.15) is 11.1 Å². The number of aromatic nitrogens is 5. The van der Waals surface area contributed by atoms with Gasteiger partial charge in [0.25, 0.3) is 0 Å². The lowest BCUT2D eigenvalue weighted by Crippen LogP contribution is -2.35. The van der Waals surface area contributed by atoms with Gasteiger partial charge in [-0.3, -0.25) is 4.68 Å². The third-order valence-electron chi connectivity index (χ3n) is 7.12. The highest BCUT2D eigenvalue weighted by molar-refractivity contribution is 7.99. The van der Waals surface area contributed by atoms with E-state index in [0.717, 1.165) is 41.1 Å². The molecule has 1 aliphatic rings. The summed E-state index contributed by atoms with van der Waals surface area (Å²) in [6, 6.07) is 8.17. The van der Waals surface area contributed by atoms with Crippen LogP contribution in [0.15, 0.2) is 52.9 Å². The fraction of sp³-hybridized carbons (Fsp3) is 0.385. The van der Waals surface area contributed by atoms with E-state index >= 15 is 0 Å². The van der Waals surface area contributed by atoms with Gasteiger partial charge in [-0.15, -0.1) is 0 Å². The van der Waals surface area contributed by atoms with E-state index < -0.39 is 5.82 Å². The summed E-state index contributed by atoms with van der Waals surface area (Å²) < 4.78 is 18.3. The first-order valence-corrected chi connectivity index (χ1v) is 12.8. The van der Waals surface area contributed by atoms with Gasteiger partial charge in [-0.05, 0) is 64.4 Å². The molecular formula is C26H28FN7S. The van der Waals surface area contributed by atoms with Crippen molar-refractivity contribution in [3.05, 3.63) is 60.1 Å². The smallest absolute Gasteiger partial charge is 0.155 e. The molecule has 4 aromatic heterocycles. The minimum absolute atomic E-state index is 0.262. The second-order valence-electron chi connectivity index (χ2n) is 9.07. The zero-order valence-corrected chi connectivity index (χ0v) is 21.0. The first kappa shape index (κ1) is 23.5. The van der Waals surface area contributed by atoms with Gasteiger partial charge in [-0.25, -0.2) is 13.9 Å². The van der Waals surface area contributed by atoms with Crippen LogP contribution in [0.4, 0.5) is 4.39 Å². The van der Waals surface area contributed by atoms with Crippen molar-refractivity contribution in [1.29, 1.82) is 5.26 Å². The lowest BCUT2D eigenvalue weighted by molar-refractivity contribution is 0.168. The van der Waals surface area contributed by atoms with Gasteiger partial charge < -0.3 is 4.90 Å². The van der Waals surface area contributed by atoms with Crippen molar-refractivity contribution >= 4 is 17.3 Å². The Bertz CT molecular complexity index is 1390. The molecule has 0 saturated heterocycles.